The van der Waals surface area contributed by atoms with Crippen LogP contribution in [-0.2, 0) is 0 Å². The third kappa shape index (κ3) is 1.50. The van der Waals surface area contributed by atoms with Crippen LogP contribution in [0.15, 0.2) is 59.0 Å². The fourth-order valence-corrected chi connectivity index (χ4v) is 1.88. The van der Waals surface area contributed by atoms with Crippen LogP contribution >= 0.6 is 0 Å². The lowest BCUT2D eigenvalue weighted by molar-refractivity contribution is 0.631. The van der Waals surface area contributed by atoms with E-state index in [1.54, 1.807) is 0 Å². The zero-order chi connectivity index (χ0) is 11.0. The highest BCUT2D eigenvalue weighted by atomic mass is 16.3. The minimum Gasteiger partial charge on any atom is -0.456 e. The lowest BCUT2D eigenvalue weighted by Crippen LogP contribution is -1.69. The van der Waals surface area contributed by atoms with Gasteiger partial charge in [0.2, 0.25) is 0 Å². The molecule has 78 valence electrons. The Balaban J connectivity index is 2.19. The minimum absolute atomic E-state index is 0.932. The molecule has 0 N–H and O–H groups in total. The van der Waals surface area contributed by atoms with Gasteiger partial charge in [-0.15, -0.1) is 0 Å². The molecule has 0 atom stereocenters. The van der Waals surface area contributed by atoms with E-state index in [1.165, 1.54) is 5.56 Å². The first-order valence-corrected chi connectivity index (χ1v) is 5.38. The van der Waals surface area contributed by atoms with Gasteiger partial charge in [-0.2, -0.15) is 0 Å². The third-order valence-electron chi connectivity index (χ3n) is 2.73. The highest BCUT2D eigenvalue weighted by Crippen LogP contribution is 2.27. The molecule has 0 saturated carbocycles. The van der Waals surface area contributed by atoms with Gasteiger partial charge in [0, 0.05) is 10.9 Å². The van der Waals surface area contributed by atoms with E-state index >= 15 is 0 Å². The summed E-state index contributed by atoms with van der Waals surface area (Å²) in [6, 6.07) is 18.5. The van der Waals surface area contributed by atoms with E-state index in [9.17, 15) is 0 Å². The van der Waals surface area contributed by atoms with E-state index in [0.717, 1.165) is 22.3 Å². The minimum atomic E-state index is 0.932. The second-order valence-electron chi connectivity index (χ2n) is 4.02. The van der Waals surface area contributed by atoms with Crippen molar-refractivity contribution in [3.05, 3.63) is 60.2 Å². The van der Waals surface area contributed by atoms with Crippen LogP contribution in [0.3, 0.4) is 0 Å². The van der Waals surface area contributed by atoms with E-state index < -0.39 is 0 Å². The molecule has 0 spiro atoms. The van der Waals surface area contributed by atoms with Crippen molar-refractivity contribution in [2.24, 2.45) is 0 Å². The van der Waals surface area contributed by atoms with Crippen LogP contribution in [0.4, 0.5) is 0 Å². The molecule has 1 heterocycles. The maximum Gasteiger partial charge on any atom is 0.135 e. The maximum absolute atomic E-state index is 5.83. The topological polar surface area (TPSA) is 13.1 Å². The molecular weight excluding hydrogens is 196 g/mol. The average molecular weight is 208 g/mol. The van der Waals surface area contributed by atoms with Crippen molar-refractivity contribution >= 4 is 11.0 Å². The number of fused-ring (bicyclic) bond motifs is 1. The number of rotatable bonds is 1. The summed E-state index contributed by atoms with van der Waals surface area (Å²) in [5.74, 6) is 0.932. The number of benzene rings is 2. The Morgan fingerprint density at radius 3 is 2.50 bits per heavy atom. The molecular formula is C15H12O. The summed E-state index contributed by atoms with van der Waals surface area (Å²) in [5.41, 5.74) is 3.30. The van der Waals surface area contributed by atoms with E-state index in [2.05, 4.69) is 43.3 Å². The number of hydrogen-bond donors (Lipinski definition) is 0. The molecule has 1 aromatic heterocycles. The molecule has 0 aliphatic carbocycles. The van der Waals surface area contributed by atoms with Crippen molar-refractivity contribution < 1.29 is 4.42 Å². The van der Waals surface area contributed by atoms with Crippen LogP contribution in [0, 0.1) is 6.92 Å². The first-order chi connectivity index (χ1) is 7.83. The maximum atomic E-state index is 5.83. The highest BCUT2D eigenvalue weighted by molar-refractivity contribution is 5.83. The summed E-state index contributed by atoms with van der Waals surface area (Å²) >= 11 is 0. The molecule has 0 aliphatic heterocycles. The Kier molecular flexibility index (Phi) is 2.03. The molecule has 2 aromatic carbocycles. The van der Waals surface area contributed by atoms with Gasteiger partial charge in [0.1, 0.15) is 11.3 Å². The van der Waals surface area contributed by atoms with Crippen LogP contribution in [0.25, 0.3) is 22.3 Å². The highest BCUT2D eigenvalue weighted by Gasteiger charge is 2.05. The molecule has 1 heteroatoms. The van der Waals surface area contributed by atoms with Crippen molar-refractivity contribution in [2.45, 2.75) is 6.92 Å². The van der Waals surface area contributed by atoms with Crippen LogP contribution in [0.5, 0.6) is 0 Å². The van der Waals surface area contributed by atoms with Gasteiger partial charge in [0.15, 0.2) is 0 Å². The Bertz CT molecular complexity index is 620. The van der Waals surface area contributed by atoms with Crippen LogP contribution in [0.2, 0.25) is 0 Å². The predicted octanol–water partition coefficient (Wildman–Crippen LogP) is 4.41. The zero-order valence-corrected chi connectivity index (χ0v) is 9.10. The molecule has 16 heavy (non-hydrogen) atoms. The number of furan rings is 1. The predicted molar refractivity (Wildman–Crippen MR) is 66.4 cm³/mol. The van der Waals surface area contributed by atoms with Gasteiger partial charge in [-0.05, 0) is 24.6 Å². The van der Waals surface area contributed by atoms with Crippen molar-refractivity contribution in [1.82, 2.24) is 0 Å². The first kappa shape index (κ1) is 9.22. The lowest BCUT2D eigenvalue weighted by atomic mass is 10.1. The van der Waals surface area contributed by atoms with Gasteiger partial charge in [0.05, 0.1) is 0 Å². The summed E-state index contributed by atoms with van der Waals surface area (Å²) in [6.07, 6.45) is 0. The third-order valence-corrected chi connectivity index (χ3v) is 2.73. The molecule has 0 bridgehead atoms. The Morgan fingerprint density at radius 2 is 1.69 bits per heavy atom. The van der Waals surface area contributed by atoms with Gasteiger partial charge >= 0.3 is 0 Å². The monoisotopic (exact) mass is 208 g/mol. The van der Waals surface area contributed by atoms with Gasteiger partial charge in [0.25, 0.3) is 0 Å². The van der Waals surface area contributed by atoms with Gasteiger partial charge in [-0.1, -0.05) is 42.5 Å². The molecule has 3 rings (SSSR count). The van der Waals surface area contributed by atoms with Gasteiger partial charge in [-0.3, -0.25) is 0 Å². The molecule has 0 aliphatic rings. The average Bonchev–Trinajstić information content (AvgIpc) is 2.73. The Morgan fingerprint density at radius 1 is 0.875 bits per heavy atom. The quantitative estimate of drug-likeness (QED) is 0.577. The second-order valence-corrected chi connectivity index (χ2v) is 4.02. The van der Waals surface area contributed by atoms with Crippen molar-refractivity contribution in [1.29, 1.82) is 0 Å². The molecule has 0 amide bonds. The normalized spacial score (nSPS) is 10.8. The largest absolute Gasteiger partial charge is 0.456 e. The van der Waals surface area contributed by atoms with E-state index in [-0.39, 0.29) is 0 Å². The van der Waals surface area contributed by atoms with Crippen molar-refractivity contribution in [2.75, 3.05) is 0 Å². The van der Waals surface area contributed by atoms with E-state index in [0.29, 0.717) is 0 Å². The lowest BCUT2D eigenvalue weighted by Gasteiger charge is -1.93. The van der Waals surface area contributed by atoms with Gasteiger partial charge < -0.3 is 4.42 Å². The van der Waals surface area contributed by atoms with Crippen molar-refractivity contribution in [3.63, 3.8) is 0 Å². The van der Waals surface area contributed by atoms with Crippen LogP contribution in [-0.4, -0.2) is 0 Å². The van der Waals surface area contributed by atoms with Crippen molar-refractivity contribution in [3.8, 4) is 11.3 Å². The smallest absolute Gasteiger partial charge is 0.135 e. The number of hydrogen-bond acceptors (Lipinski definition) is 1. The second kappa shape index (κ2) is 3.53. The Labute approximate surface area is 94.3 Å². The summed E-state index contributed by atoms with van der Waals surface area (Å²) < 4.78 is 5.83. The molecule has 3 aromatic rings. The summed E-state index contributed by atoms with van der Waals surface area (Å²) in [6.45, 7) is 2.07. The molecule has 1 nitrogen and oxygen atoms in total. The fourth-order valence-electron chi connectivity index (χ4n) is 1.88. The summed E-state index contributed by atoms with van der Waals surface area (Å²) in [4.78, 5) is 0. The molecule has 0 fully saturated rings. The summed E-state index contributed by atoms with van der Waals surface area (Å²) in [5, 5.41) is 1.16. The number of aryl methyl sites for hydroxylation is 1. The van der Waals surface area contributed by atoms with Crippen LogP contribution < -0.4 is 0 Å². The Hall–Kier alpha value is -2.02. The molecule has 0 saturated heterocycles. The van der Waals surface area contributed by atoms with E-state index in [1.807, 2.05) is 18.2 Å². The summed E-state index contributed by atoms with van der Waals surface area (Å²) in [7, 11) is 0. The SMILES string of the molecule is Cc1ccc2cc(-c3ccccc3)oc2c1. The van der Waals surface area contributed by atoms with Crippen LogP contribution in [0.1, 0.15) is 5.56 Å². The fraction of sp³-hybridized carbons (Fsp3) is 0.0667. The zero-order valence-electron chi connectivity index (χ0n) is 9.10. The van der Waals surface area contributed by atoms with Gasteiger partial charge in [-0.25, -0.2) is 0 Å². The standard InChI is InChI=1S/C15H12O/c1-11-7-8-13-10-15(16-14(13)9-11)12-5-3-2-4-6-12/h2-10H,1H3. The van der Waals surface area contributed by atoms with E-state index in [4.69, 9.17) is 4.42 Å². The molecule has 0 radical (unpaired) electrons. The first-order valence-electron chi connectivity index (χ1n) is 5.38. The molecule has 0 unspecified atom stereocenters.